The lowest BCUT2D eigenvalue weighted by Crippen LogP contribution is -2.44. The summed E-state index contributed by atoms with van der Waals surface area (Å²) in [6, 6.07) is 5.98. The number of halogens is 1. The smallest absolute Gasteiger partial charge is 0.407 e. The molecule has 0 unspecified atom stereocenters. The highest BCUT2D eigenvalue weighted by Gasteiger charge is 2.15. The Bertz CT molecular complexity index is 573. The van der Waals surface area contributed by atoms with E-state index in [-0.39, 0.29) is 30.9 Å². The van der Waals surface area contributed by atoms with Crippen molar-refractivity contribution in [2.45, 2.75) is 33.2 Å². The lowest BCUT2D eigenvalue weighted by atomic mass is 10.0. The zero-order chi connectivity index (χ0) is 17.9. The maximum absolute atomic E-state index is 13.5. The van der Waals surface area contributed by atoms with Gasteiger partial charge >= 0.3 is 6.09 Å². The Hall–Kier alpha value is -2.37. The van der Waals surface area contributed by atoms with Crippen molar-refractivity contribution in [2.24, 2.45) is 5.92 Å². The number of ether oxygens (including phenoxy) is 1. The molecule has 0 fully saturated rings. The standard InChI is InChI=1S/C18H25FN2O3/c1-4-24-18(23)21-15(11-13(2)3)12-20-17(22)10-9-14-7-5-6-8-16(14)19/h5-10,13,15H,4,11-12H2,1-3H3,(H,20,22)(H,21,23)/b10-9+/t15-/m1/s1. The molecule has 0 heterocycles. The first-order valence-electron chi connectivity index (χ1n) is 8.06. The normalized spacial score (nSPS) is 12.2. The molecule has 0 aliphatic heterocycles. The summed E-state index contributed by atoms with van der Waals surface area (Å²) in [5.41, 5.74) is 0.344. The predicted octanol–water partition coefficient (Wildman–Crippen LogP) is 3.12. The third kappa shape index (κ3) is 7.76. The van der Waals surface area contributed by atoms with E-state index in [4.69, 9.17) is 4.74 Å². The molecule has 1 aromatic carbocycles. The van der Waals surface area contributed by atoms with Gasteiger partial charge in [0.05, 0.1) is 6.61 Å². The number of amides is 2. The van der Waals surface area contributed by atoms with Gasteiger partial charge in [0.2, 0.25) is 5.91 Å². The average molecular weight is 336 g/mol. The Balaban J connectivity index is 2.54. The number of alkyl carbamates (subject to hydrolysis) is 1. The molecule has 0 aliphatic rings. The van der Waals surface area contributed by atoms with Gasteiger partial charge in [0, 0.05) is 24.2 Å². The van der Waals surface area contributed by atoms with Gasteiger partial charge in [-0.25, -0.2) is 9.18 Å². The molecule has 0 aromatic heterocycles. The van der Waals surface area contributed by atoms with Gasteiger partial charge in [-0.15, -0.1) is 0 Å². The van der Waals surface area contributed by atoms with Crippen molar-refractivity contribution in [3.63, 3.8) is 0 Å². The Morgan fingerprint density at radius 3 is 2.62 bits per heavy atom. The van der Waals surface area contributed by atoms with E-state index in [0.29, 0.717) is 17.9 Å². The summed E-state index contributed by atoms with van der Waals surface area (Å²) in [5.74, 6) is -0.385. The van der Waals surface area contributed by atoms with Crippen LogP contribution in [0.5, 0.6) is 0 Å². The van der Waals surface area contributed by atoms with Crippen molar-refractivity contribution in [1.82, 2.24) is 10.6 Å². The topological polar surface area (TPSA) is 67.4 Å². The first-order chi connectivity index (χ1) is 11.4. The van der Waals surface area contributed by atoms with Crippen LogP contribution in [0, 0.1) is 11.7 Å². The van der Waals surface area contributed by atoms with Crippen LogP contribution in [-0.4, -0.2) is 31.2 Å². The Morgan fingerprint density at radius 1 is 1.29 bits per heavy atom. The van der Waals surface area contributed by atoms with E-state index in [9.17, 15) is 14.0 Å². The van der Waals surface area contributed by atoms with Crippen LogP contribution in [-0.2, 0) is 9.53 Å². The molecule has 0 aliphatic carbocycles. The van der Waals surface area contributed by atoms with Crippen LogP contribution in [0.2, 0.25) is 0 Å². The SMILES string of the molecule is CCOC(=O)N[C@@H](CNC(=O)/C=C/c1ccccc1F)CC(C)C. The Labute approximate surface area is 142 Å². The van der Waals surface area contributed by atoms with Crippen LogP contribution in [0.3, 0.4) is 0 Å². The van der Waals surface area contributed by atoms with Crippen molar-refractivity contribution >= 4 is 18.1 Å². The number of nitrogens with one attached hydrogen (secondary N) is 2. The highest BCUT2D eigenvalue weighted by atomic mass is 19.1. The molecule has 0 spiro atoms. The van der Waals surface area contributed by atoms with Crippen LogP contribution in [0.1, 0.15) is 32.8 Å². The maximum atomic E-state index is 13.5. The van der Waals surface area contributed by atoms with Crippen molar-refractivity contribution < 1.29 is 18.7 Å². The highest BCUT2D eigenvalue weighted by molar-refractivity contribution is 5.91. The van der Waals surface area contributed by atoms with Gasteiger partial charge in [0.25, 0.3) is 0 Å². The second-order valence-electron chi connectivity index (χ2n) is 5.79. The minimum Gasteiger partial charge on any atom is -0.450 e. The largest absolute Gasteiger partial charge is 0.450 e. The number of carbonyl (C=O) groups excluding carboxylic acids is 2. The van der Waals surface area contributed by atoms with E-state index in [1.807, 2.05) is 13.8 Å². The second-order valence-corrected chi connectivity index (χ2v) is 5.79. The van der Waals surface area contributed by atoms with Gasteiger partial charge in [-0.2, -0.15) is 0 Å². The minimum absolute atomic E-state index is 0.227. The van der Waals surface area contributed by atoms with Crippen LogP contribution >= 0.6 is 0 Å². The zero-order valence-corrected chi connectivity index (χ0v) is 14.3. The summed E-state index contributed by atoms with van der Waals surface area (Å²) in [6.07, 6.45) is 2.89. The first-order valence-corrected chi connectivity index (χ1v) is 8.06. The van der Waals surface area contributed by atoms with Gasteiger partial charge in [-0.05, 0) is 31.4 Å². The zero-order valence-electron chi connectivity index (χ0n) is 14.3. The molecule has 1 rings (SSSR count). The van der Waals surface area contributed by atoms with Crippen LogP contribution in [0.15, 0.2) is 30.3 Å². The molecule has 2 amide bonds. The summed E-state index contributed by atoms with van der Waals surface area (Å²) >= 11 is 0. The molecule has 5 nitrogen and oxygen atoms in total. The molecular formula is C18H25FN2O3. The van der Waals surface area contributed by atoms with E-state index in [2.05, 4.69) is 10.6 Å². The summed E-state index contributed by atoms with van der Waals surface area (Å²) in [5, 5.41) is 5.43. The minimum atomic E-state index is -0.501. The molecular weight excluding hydrogens is 311 g/mol. The molecule has 0 saturated heterocycles. The van der Waals surface area contributed by atoms with Gasteiger partial charge in [0.1, 0.15) is 5.82 Å². The van der Waals surface area contributed by atoms with Crippen molar-refractivity contribution in [1.29, 1.82) is 0 Å². The van der Waals surface area contributed by atoms with Gasteiger partial charge < -0.3 is 15.4 Å². The van der Waals surface area contributed by atoms with E-state index < -0.39 is 6.09 Å². The number of carbonyl (C=O) groups is 2. The highest BCUT2D eigenvalue weighted by Crippen LogP contribution is 2.08. The second kappa shape index (κ2) is 10.4. The predicted molar refractivity (Wildman–Crippen MR) is 91.8 cm³/mol. The van der Waals surface area contributed by atoms with Crippen LogP contribution < -0.4 is 10.6 Å². The molecule has 0 bridgehead atoms. The molecule has 2 N–H and O–H groups in total. The fourth-order valence-electron chi connectivity index (χ4n) is 2.16. The first kappa shape index (κ1) is 19.7. The number of hydrogen-bond donors (Lipinski definition) is 2. The maximum Gasteiger partial charge on any atom is 0.407 e. The molecule has 24 heavy (non-hydrogen) atoms. The number of hydrogen-bond acceptors (Lipinski definition) is 3. The van der Waals surface area contributed by atoms with Crippen molar-refractivity contribution in [3.05, 3.63) is 41.7 Å². The van der Waals surface area contributed by atoms with E-state index in [1.54, 1.807) is 25.1 Å². The fourth-order valence-corrected chi connectivity index (χ4v) is 2.16. The van der Waals surface area contributed by atoms with E-state index in [1.165, 1.54) is 18.2 Å². The number of rotatable bonds is 8. The molecule has 132 valence electrons. The monoisotopic (exact) mass is 336 g/mol. The van der Waals surface area contributed by atoms with E-state index in [0.717, 1.165) is 0 Å². The van der Waals surface area contributed by atoms with Crippen molar-refractivity contribution in [2.75, 3.05) is 13.2 Å². The molecule has 0 radical (unpaired) electrons. The summed E-state index contributed by atoms with van der Waals surface area (Å²) in [4.78, 5) is 23.4. The van der Waals surface area contributed by atoms with Gasteiger partial charge in [0.15, 0.2) is 0 Å². The third-order valence-corrected chi connectivity index (χ3v) is 3.20. The van der Waals surface area contributed by atoms with Gasteiger partial charge in [-0.1, -0.05) is 32.0 Å². The third-order valence-electron chi connectivity index (χ3n) is 3.20. The molecule has 1 aromatic rings. The van der Waals surface area contributed by atoms with E-state index >= 15 is 0 Å². The summed E-state index contributed by atoms with van der Waals surface area (Å²) < 4.78 is 18.3. The Morgan fingerprint density at radius 2 is 2.00 bits per heavy atom. The number of benzene rings is 1. The Kier molecular flexibility index (Phi) is 8.54. The lowest BCUT2D eigenvalue weighted by molar-refractivity contribution is -0.116. The molecule has 1 atom stereocenters. The van der Waals surface area contributed by atoms with Gasteiger partial charge in [-0.3, -0.25) is 4.79 Å². The summed E-state index contributed by atoms with van der Waals surface area (Å²) in [7, 11) is 0. The molecule has 6 heteroatoms. The molecule has 0 saturated carbocycles. The average Bonchev–Trinajstić information content (AvgIpc) is 2.51. The van der Waals surface area contributed by atoms with Crippen LogP contribution in [0.4, 0.5) is 9.18 Å². The van der Waals surface area contributed by atoms with Crippen LogP contribution in [0.25, 0.3) is 6.08 Å². The lowest BCUT2D eigenvalue weighted by Gasteiger charge is -2.20. The summed E-state index contributed by atoms with van der Waals surface area (Å²) in [6.45, 7) is 6.35. The quantitative estimate of drug-likeness (QED) is 0.717. The van der Waals surface area contributed by atoms with Crippen molar-refractivity contribution in [3.8, 4) is 0 Å². The fraction of sp³-hybridized carbons (Fsp3) is 0.444.